The molecule has 0 aliphatic carbocycles. The molecule has 0 aliphatic rings. The van der Waals surface area contributed by atoms with Gasteiger partial charge in [-0.25, -0.2) is 5.43 Å². The van der Waals surface area contributed by atoms with E-state index in [4.69, 9.17) is 4.74 Å². The highest BCUT2D eigenvalue weighted by Crippen LogP contribution is 2.24. The van der Waals surface area contributed by atoms with Crippen molar-refractivity contribution in [3.63, 3.8) is 0 Å². The maximum Gasteiger partial charge on any atom is 0.271 e. The van der Waals surface area contributed by atoms with Gasteiger partial charge in [-0.3, -0.25) is 4.79 Å². The summed E-state index contributed by atoms with van der Waals surface area (Å²) in [5, 5.41) is 7.07. The quantitative estimate of drug-likeness (QED) is 0.275. The third-order valence-corrected chi connectivity index (χ3v) is 5.34. The van der Waals surface area contributed by atoms with Crippen LogP contribution < -0.4 is 10.2 Å². The van der Waals surface area contributed by atoms with E-state index >= 15 is 0 Å². The van der Waals surface area contributed by atoms with Crippen LogP contribution in [-0.4, -0.2) is 17.1 Å². The van der Waals surface area contributed by atoms with Crippen LogP contribution in [0.5, 0.6) is 5.75 Å². The summed E-state index contributed by atoms with van der Waals surface area (Å²) in [6.45, 7) is 0.501. The standard InChI is InChI=1S/C27H21N3O2/c31-27(24-12-6-10-20-9-4-5-11-23(20)24)30-29-17-21-16-28-26-14-13-22(15-25(21)26)32-18-19-7-2-1-3-8-19/h1-17,28H,18H2,(H,30,31)/b29-17-. The molecule has 5 nitrogen and oxygen atoms in total. The normalized spacial score (nSPS) is 11.2. The van der Waals surface area contributed by atoms with Crippen LogP contribution in [0.15, 0.2) is 102 Å². The van der Waals surface area contributed by atoms with Gasteiger partial charge in [0.1, 0.15) is 12.4 Å². The van der Waals surface area contributed by atoms with Gasteiger partial charge in [-0.15, -0.1) is 0 Å². The Kier molecular flexibility index (Phi) is 5.37. The van der Waals surface area contributed by atoms with Gasteiger partial charge in [0.15, 0.2) is 0 Å². The third kappa shape index (κ3) is 4.09. The average molecular weight is 419 g/mol. The van der Waals surface area contributed by atoms with Gasteiger partial charge >= 0.3 is 0 Å². The Morgan fingerprint density at radius 3 is 2.62 bits per heavy atom. The van der Waals surface area contributed by atoms with Crippen LogP contribution in [0.25, 0.3) is 21.7 Å². The van der Waals surface area contributed by atoms with E-state index in [1.54, 1.807) is 12.3 Å². The number of H-pyrrole nitrogens is 1. The number of fused-ring (bicyclic) bond motifs is 2. The van der Waals surface area contributed by atoms with E-state index in [1.165, 1.54) is 0 Å². The fourth-order valence-corrected chi connectivity index (χ4v) is 3.70. The van der Waals surface area contributed by atoms with Crippen molar-refractivity contribution in [2.24, 2.45) is 5.10 Å². The van der Waals surface area contributed by atoms with E-state index in [2.05, 4.69) is 15.5 Å². The summed E-state index contributed by atoms with van der Waals surface area (Å²) in [6.07, 6.45) is 3.50. The first-order valence-electron chi connectivity index (χ1n) is 10.4. The molecule has 0 saturated heterocycles. The fourth-order valence-electron chi connectivity index (χ4n) is 3.70. The topological polar surface area (TPSA) is 66.5 Å². The minimum atomic E-state index is -0.246. The number of hydrazone groups is 1. The second-order valence-electron chi connectivity index (χ2n) is 7.45. The number of hydrogen-bond acceptors (Lipinski definition) is 3. The van der Waals surface area contributed by atoms with Crippen molar-refractivity contribution in [2.75, 3.05) is 0 Å². The molecule has 1 amide bonds. The molecule has 0 spiro atoms. The summed E-state index contributed by atoms with van der Waals surface area (Å²) >= 11 is 0. The van der Waals surface area contributed by atoms with Crippen molar-refractivity contribution in [1.82, 2.24) is 10.4 Å². The molecule has 2 N–H and O–H groups in total. The third-order valence-electron chi connectivity index (χ3n) is 5.34. The molecule has 4 aromatic carbocycles. The average Bonchev–Trinajstić information content (AvgIpc) is 3.25. The lowest BCUT2D eigenvalue weighted by atomic mass is 10.0. The van der Waals surface area contributed by atoms with Gasteiger partial charge in [-0.2, -0.15) is 5.10 Å². The lowest BCUT2D eigenvalue weighted by molar-refractivity contribution is 0.0957. The van der Waals surface area contributed by atoms with Gasteiger partial charge in [-0.05, 0) is 40.6 Å². The molecule has 0 bridgehead atoms. The summed E-state index contributed by atoms with van der Waals surface area (Å²) < 4.78 is 5.94. The zero-order valence-electron chi connectivity index (χ0n) is 17.3. The largest absolute Gasteiger partial charge is 0.489 e. The van der Waals surface area contributed by atoms with E-state index in [9.17, 15) is 4.79 Å². The van der Waals surface area contributed by atoms with E-state index < -0.39 is 0 Å². The Morgan fingerprint density at radius 2 is 1.72 bits per heavy atom. The first-order valence-corrected chi connectivity index (χ1v) is 10.4. The van der Waals surface area contributed by atoms with Crippen LogP contribution in [0.3, 0.4) is 0 Å². The first kappa shape index (κ1) is 19.6. The second-order valence-corrected chi connectivity index (χ2v) is 7.45. The number of carbonyl (C=O) groups is 1. The Morgan fingerprint density at radius 1 is 0.906 bits per heavy atom. The van der Waals surface area contributed by atoms with Gasteiger partial charge in [0.25, 0.3) is 5.91 Å². The van der Waals surface area contributed by atoms with Crippen LogP contribution in [0.2, 0.25) is 0 Å². The Hall–Kier alpha value is -4.38. The van der Waals surface area contributed by atoms with Crippen LogP contribution >= 0.6 is 0 Å². The molecule has 0 saturated carbocycles. The lowest BCUT2D eigenvalue weighted by Crippen LogP contribution is -2.17. The number of nitrogens with zero attached hydrogens (tertiary/aromatic N) is 1. The van der Waals surface area contributed by atoms with Crippen molar-refractivity contribution >= 4 is 33.8 Å². The number of hydrogen-bond donors (Lipinski definition) is 2. The maximum absolute atomic E-state index is 12.7. The molecule has 32 heavy (non-hydrogen) atoms. The molecule has 5 aromatic rings. The molecule has 0 unspecified atom stereocenters. The van der Waals surface area contributed by atoms with Crippen molar-refractivity contribution < 1.29 is 9.53 Å². The highest BCUT2D eigenvalue weighted by atomic mass is 16.5. The van der Waals surface area contributed by atoms with Crippen molar-refractivity contribution in [3.8, 4) is 5.75 Å². The Bertz CT molecular complexity index is 1420. The number of aromatic amines is 1. The number of ether oxygens (including phenoxy) is 1. The van der Waals surface area contributed by atoms with Gasteiger partial charge < -0.3 is 9.72 Å². The molecule has 5 rings (SSSR count). The summed E-state index contributed by atoms with van der Waals surface area (Å²) in [6, 6.07) is 29.4. The molecule has 156 valence electrons. The smallest absolute Gasteiger partial charge is 0.271 e. The SMILES string of the molecule is O=C(N/N=C\c1c[nH]c2ccc(OCc3ccccc3)cc12)c1cccc2ccccc12. The van der Waals surface area contributed by atoms with Gasteiger partial charge in [0.2, 0.25) is 0 Å². The molecule has 0 fully saturated rings. The summed E-state index contributed by atoms with van der Waals surface area (Å²) in [5.41, 5.74) is 6.18. The lowest BCUT2D eigenvalue weighted by Gasteiger charge is -2.06. The van der Waals surface area contributed by atoms with Crippen LogP contribution in [0.1, 0.15) is 21.5 Å². The van der Waals surface area contributed by atoms with Gasteiger partial charge in [0.05, 0.1) is 6.21 Å². The second kappa shape index (κ2) is 8.78. The van der Waals surface area contributed by atoms with E-state index in [0.717, 1.165) is 38.6 Å². The summed E-state index contributed by atoms with van der Waals surface area (Å²) in [4.78, 5) is 15.9. The molecule has 1 heterocycles. The molecular weight excluding hydrogens is 398 g/mol. The summed E-state index contributed by atoms with van der Waals surface area (Å²) in [5.74, 6) is 0.528. The van der Waals surface area contributed by atoms with Crippen LogP contribution in [0, 0.1) is 0 Å². The zero-order chi connectivity index (χ0) is 21.8. The number of aromatic nitrogens is 1. The number of carbonyl (C=O) groups excluding carboxylic acids is 1. The molecule has 5 heteroatoms. The fraction of sp³-hybridized carbons (Fsp3) is 0.0370. The molecule has 0 aliphatic heterocycles. The summed E-state index contributed by atoms with van der Waals surface area (Å²) in [7, 11) is 0. The van der Waals surface area contributed by atoms with Crippen molar-refractivity contribution in [1.29, 1.82) is 0 Å². The van der Waals surface area contributed by atoms with Crippen molar-refractivity contribution in [3.05, 3.63) is 114 Å². The highest BCUT2D eigenvalue weighted by molar-refractivity contribution is 6.07. The predicted molar refractivity (Wildman–Crippen MR) is 128 cm³/mol. The molecular formula is C27H21N3O2. The number of amides is 1. The van der Waals surface area contributed by atoms with Crippen molar-refractivity contribution in [2.45, 2.75) is 6.61 Å². The monoisotopic (exact) mass is 419 g/mol. The van der Waals surface area contributed by atoms with Gasteiger partial charge in [0, 0.05) is 28.2 Å². The van der Waals surface area contributed by atoms with E-state index in [0.29, 0.717) is 12.2 Å². The maximum atomic E-state index is 12.7. The molecule has 0 atom stereocenters. The first-order chi connectivity index (χ1) is 15.8. The number of nitrogens with one attached hydrogen (secondary N) is 2. The Labute approximate surface area is 185 Å². The van der Waals surface area contributed by atoms with Crippen LogP contribution in [-0.2, 0) is 6.61 Å². The van der Waals surface area contributed by atoms with Crippen LogP contribution in [0.4, 0.5) is 0 Å². The predicted octanol–water partition coefficient (Wildman–Crippen LogP) is 5.66. The number of benzene rings is 4. The Balaban J connectivity index is 1.31. The minimum Gasteiger partial charge on any atom is -0.489 e. The van der Waals surface area contributed by atoms with E-state index in [-0.39, 0.29) is 5.91 Å². The zero-order valence-corrected chi connectivity index (χ0v) is 17.3. The minimum absolute atomic E-state index is 0.246. The molecule has 0 radical (unpaired) electrons. The molecule has 1 aromatic heterocycles. The van der Waals surface area contributed by atoms with E-state index in [1.807, 2.05) is 91.1 Å². The highest BCUT2D eigenvalue weighted by Gasteiger charge is 2.09. The number of rotatable bonds is 6. The van der Waals surface area contributed by atoms with Gasteiger partial charge in [-0.1, -0.05) is 66.7 Å².